The fourth-order valence-electron chi connectivity index (χ4n) is 3.46. The van der Waals surface area contributed by atoms with Crippen molar-refractivity contribution in [2.45, 2.75) is 26.2 Å². The third-order valence-electron chi connectivity index (χ3n) is 4.76. The molecule has 3 aromatic carbocycles. The summed E-state index contributed by atoms with van der Waals surface area (Å²) in [6.07, 6.45) is 0. The number of fused-ring (bicyclic) bond motifs is 2. The minimum atomic E-state index is -0.340. The van der Waals surface area contributed by atoms with Crippen molar-refractivity contribution in [2.75, 3.05) is 0 Å². The molecule has 1 heterocycles. The van der Waals surface area contributed by atoms with Crippen molar-refractivity contribution < 1.29 is 14.5 Å². The number of hydrogen-bond acceptors (Lipinski definition) is 2. The number of carbonyl (C=O) groups excluding carboxylic acids is 1. The Morgan fingerprint density at radius 2 is 1.30 bits per heavy atom. The van der Waals surface area contributed by atoms with Crippen molar-refractivity contribution in [3.8, 4) is 5.75 Å². The second kappa shape index (κ2) is 6.51. The van der Waals surface area contributed by atoms with Crippen LogP contribution in [0.1, 0.15) is 36.7 Å². The number of esters is 1. The first-order valence-electron chi connectivity index (χ1n) is 9.09. The van der Waals surface area contributed by atoms with Gasteiger partial charge >= 0.3 is 5.97 Å². The maximum absolute atomic E-state index is 13.3. The molecule has 0 aliphatic rings. The second-order valence-corrected chi connectivity index (χ2v) is 7.73. The van der Waals surface area contributed by atoms with Crippen LogP contribution in [-0.2, 0) is 5.41 Å². The Morgan fingerprint density at radius 3 is 1.89 bits per heavy atom. The Balaban J connectivity index is 1.89. The zero-order valence-corrected chi connectivity index (χ0v) is 15.7. The molecular weight excluding hydrogens is 334 g/mol. The third-order valence-corrected chi connectivity index (χ3v) is 4.76. The summed E-state index contributed by atoms with van der Waals surface area (Å²) < 4.78 is 5.92. The van der Waals surface area contributed by atoms with Crippen LogP contribution in [0.15, 0.2) is 72.8 Å². The van der Waals surface area contributed by atoms with Gasteiger partial charge in [-0.2, -0.15) is 0 Å². The maximum Gasteiger partial charge on any atom is 0.345 e. The van der Waals surface area contributed by atoms with Crippen LogP contribution in [0.2, 0.25) is 0 Å². The molecule has 0 bridgehead atoms. The lowest BCUT2D eigenvalue weighted by Crippen LogP contribution is -2.18. The molecule has 3 heteroatoms. The number of benzene rings is 3. The Labute approximate surface area is 158 Å². The molecule has 27 heavy (non-hydrogen) atoms. The average molecular weight is 356 g/mol. The van der Waals surface area contributed by atoms with Crippen LogP contribution < -0.4 is 9.72 Å². The van der Waals surface area contributed by atoms with E-state index in [0.717, 1.165) is 27.4 Å². The van der Waals surface area contributed by atoms with Gasteiger partial charge in [-0.25, -0.2) is 9.78 Å². The Hall–Kier alpha value is -3.20. The van der Waals surface area contributed by atoms with Gasteiger partial charge in [0.05, 0.1) is 16.3 Å². The van der Waals surface area contributed by atoms with Crippen LogP contribution in [-0.4, -0.2) is 5.97 Å². The summed E-state index contributed by atoms with van der Waals surface area (Å²) in [5, 5.41) is 1.71. The quantitative estimate of drug-likeness (QED) is 0.277. The SMILES string of the molecule is CC(C)(C)c1ccccc1OC(=O)c1c2ccccc2[nH+]c2ccccc12. The molecule has 0 fully saturated rings. The Kier molecular flexibility index (Phi) is 4.15. The van der Waals surface area contributed by atoms with Crippen LogP contribution in [0, 0.1) is 0 Å². The highest BCUT2D eigenvalue weighted by Crippen LogP contribution is 2.32. The van der Waals surface area contributed by atoms with E-state index in [9.17, 15) is 4.79 Å². The zero-order chi connectivity index (χ0) is 19.0. The predicted octanol–water partition coefficient (Wildman–Crippen LogP) is 5.32. The number of rotatable bonds is 2. The molecule has 0 aliphatic heterocycles. The molecule has 0 aliphatic carbocycles. The summed E-state index contributed by atoms with van der Waals surface area (Å²) in [6.45, 7) is 6.34. The summed E-state index contributed by atoms with van der Waals surface area (Å²) in [7, 11) is 0. The van der Waals surface area contributed by atoms with E-state index in [2.05, 4.69) is 25.8 Å². The van der Waals surface area contributed by atoms with Gasteiger partial charge in [-0.15, -0.1) is 0 Å². The normalized spacial score (nSPS) is 11.7. The maximum atomic E-state index is 13.3. The van der Waals surface area contributed by atoms with Gasteiger partial charge in [0.1, 0.15) is 5.75 Å². The van der Waals surface area contributed by atoms with Crippen LogP contribution in [0.5, 0.6) is 5.75 Å². The second-order valence-electron chi connectivity index (χ2n) is 7.73. The van der Waals surface area contributed by atoms with Gasteiger partial charge in [-0.1, -0.05) is 63.2 Å². The highest BCUT2D eigenvalue weighted by atomic mass is 16.5. The van der Waals surface area contributed by atoms with Gasteiger partial charge in [0.2, 0.25) is 11.0 Å². The molecule has 0 saturated carbocycles. The summed E-state index contributed by atoms with van der Waals surface area (Å²) in [4.78, 5) is 16.7. The number of para-hydroxylation sites is 3. The van der Waals surface area contributed by atoms with Gasteiger partial charge in [0, 0.05) is 17.7 Å². The molecule has 1 aromatic heterocycles. The van der Waals surface area contributed by atoms with Crippen LogP contribution in [0.4, 0.5) is 0 Å². The van der Waals surface area contributed by atoms with Gasteiger partial charge < -0.3 is 4.74 Å². The lowest BCUT2D eigenvalue weighted by atomic mass is 9.86. The zero-order valence-electron chi connectivity index (χ0n) is 15.7. The van der Waals surface area contributed by atoms with Crippen molar-refractivity contribution in [1.82, 2.24) is 0 Å². The Bertz CT molecular complexity index is 1100. The monoisotopic (exact) mass is 356 g/mol. The largest absolute Gasteiger partial charge is 0.423 e. The molecule has 3 nitrogen and oxygen atoms in total. The van der Waals surface area contributed by atoms with Crippen molar-refractivity contribution in [3.05, 3.63) is 83.9 Å². The number of aromatic amines is 1. The molecule has 4 rings (SSSR count). The molecule has 4 aromatic rings. The van der Waals surface area contributed by atoms with Gasteiger partial charge in [-0.05, 0) is 23.6 Å². The summed E-state index contributed by atoms with van der Waals surface area (Å²) in [5.74, 6) is 0.268. The number of aromatic nitrogens is 1. The molecule has 0 spiro atoms. The fraction of sp³-hybridized carbons (Fsp3) is 0.167. The van der Waals surface area contributed by atoms with E-state index >= 15 is 0 Å². The lowest BCUT2D eigenvalue weighted by molar-refractivity contribution is -0.310. The number of H-pyrrole nitrogens is 1. The molecule has 0 atom stereocenters. The highest BCUT2D eigenvalue weighted by Gasteiger charge is 2.24. The summed E-state index contributed by atoms with van der Waals surface area (Å²) >= 11 is 0. The predicted molar refractivity (Wildman–Crippen MR) is 108 cm³/mol. The molecule has 0 unspecified atom stereocenters. The minimum Gasteiger partial charge on any atom is -0.423 e. The van der Waals surface area contributed by atoms with E-state index in [4.69, 9.17) is 4.74 Å². The molecular formula is C24H22NO2+. The average Bonchev–Trinajstić information content (AvgIpc) is 2.65. The smallest absolute Gasteiger partial charge is 0.345 e. The summed E-state index contributed by atoms with van der Waals surface area (Å²) in [6, 6.07) is 23.4. The molecule has 1 N–H and O–H groups in total. The van der Waals surface area contributed by atoms with Crippen molar-refractivity contribution in [3.63, 3.8) is 0 Å². The number of ether oxygens (including phenoxy) is 1. The minimum absolute atomic E-state index is 0.120. The van der Waals surface area contributed by atoms with E-state index in [1.165, 1.54) is 0 Å². The number of hydrogen-bond donors (Lipinski definition) is 0. The number of pyridine rings is 1. The van der Waals surface area contributed by atoms with E-state index in [1.54, 1.807) is 0 Å². The van der Waals surface area contributed by atoms with Crippen LogP contribution in [0.25, 0.3) is 21.8 Å². The van der Waals surface area contributed by atoms with E-state index < -0.39 is 0 Å². The standard InChI is InChI=1S/C24H21NO2/c1-24(2,3)18-12-6-9-15-21(18)27-23(26)22-16-10-4-7-13-19(16)25-20-14-8-5-11-17(20)22/h4-15H,1-3H3/p+1. The van der Waals surface area contributed by atoms with E-state index in [1.807, 2.05) is 72.8 Å². The first-order chi connectivity index (χ1) is 12.9. The highest BCUT2D eigenvalue weighted by molar-refractivity contribution is 6.13. The first-order valence-corrected chi connectivity index (χ1v) is 9.09. The van der Waals surface area contributed by atoms with Gasteiger partial charge in [0.15, 0.2) is 0 Å². The first kappa shape index (κ1) is 17.2. The molecule has 134 valence electrons. The summed E-state index contributed by atoms with van der Waals surface area (Å²) in [5.41, 5.74) is 3.29. The van der Waals surface area contributed by atoms with Gasteiger partial charge in [0.25, 0.3) is 0 Å². The van der Waals surface area contributed by atoms with Crippen LogP contribution in [0.3, 0.4) is 0 Å². The fourth-order valence-corrected chi connectivity index (χ4v) is 3.46. The van der Waals surface area contributed by atoms with Crippen molar-refractivity contribution in [2.24, 2.45) is 0 Å². The molecule has 0 amide bonds. The molecule has 0 radical (unpaired) electrons. The molecule has 0 saturated heterocycles. The third kappa shape index (κ3) is 3.17. The Morgan fingerprint density at radius 1 is 0.778 bits per heavy atom. The van der Waals surface area contributed by atoms with Crippen molar-refractivity contribution in [1.29, 1.82) is 0 Å². The topological polar surface area (TPSA) is 40.4 Å². The van der Waals surface area contributed by atoms with E-state index in [-0.39, 0.29) is 11.4 Å². The lowest BCUT2D eigenvalue weighted by Gasteiger charge is -2.22. The van der Waals surface area contributed by atoms with E-state index in [0.29, 0.717) is 11.3 Å². The number of nitrogens with one attached hydrogen (secondary N) is 1. The van der Waals surface area contributed by atoms with Crippen LogP contribution >= 0.6 is 0 Å². The van der Waals surface area contributed by atoms with Gasteiger partial charge in [-0.3, -0.25) is 0 Å². The number of carbonyl (C=O) groups is 1. The van der Waals surface area contributed by atoms with Crippen molar-refractivity contribution >= 4 is 27.8 Å².